The van der Waals surface area contributed by atoms with Gasteiger partial charge in [-0.05, 0) is 18.3 Å². The highest BCUT2D eigenvalue weighted by Gasteiger charge is 2.35. The third kappa shape index (κ3) is 2.19. The Morgan fingerprint density at radius 1 is 1.54 bits per heavy atom. The van der Waals surface area contributed by atoms with Gasteiger partial charge in [0, 0.05) is 11.3 Å². The van der Waals surface area contributed by atoms with Crippen molar-refractivity contribution in [3.63, 3.8) is 0 Å². The summed E-state index contributed by atoms with van der Waals surface area (Å²) >= 11 is 1.93. The first-order valence-corrected chi connectivity index (χ1v) is 6.02. The van der Waals surface area contributed by atoms with Crippen molar-refractivity contribution in [2.24, 2.45) is 16.8 Å². The highest BCUT2D eigenvalue weighted by atomic mass is 32.2. The molecule has 74 valence electrons. The predicted molar refractivity (Wildman–Crippen MR) is 59.2 cm³/mol. The molecular weight excluding hydrogens is 180 g/mol. The highest BCUT2D eigenvalue weighted by Crippen LogP contribution is 2.32. The van der Waals surface area contributed by atoms with Gasteiger partial charge in [0.25, 0.3) is 0 Å². The van der Waals surface area contributed by atoms with E-state index in [-0.39, 0.29) is 0 Å². The lowest BCUT2D eigenvalue weighted by molar-refractivity contribution is 0.621. The molecule has 0 radical (unpaired) electrons. The Kier molecular flexibility index (Phi) is 2.54. The van der Waals surface area contributed by atoms with E-state index >= 15 is 0 Å². The third-order valence-corrected chi connectivity index (χ3v) is 4.31. The van der Waals surface area contributed by atoms with Crippen molar-refractivity contribution in [1.82, 2.24) is 5.32 Å². The van der Waals surface area contributed by atoms with Gasteiger partial charge in [0.2, 0.25) is 0 Å². The molecule has 2 nitrogen and oxygen atoms in total. The highest BCUT2D eigenvalue weighted by molar-refractivity contribution is 8.14. The Balaban J connectivity index is 1.77. The fourth-order valence-corrected chi connectivity index (χ4v) is 2.58. The lowest BCUT2D eigenvalue weighted by Crippen LogP contribution is -2.23. The van der Waals surface area contributed by atoms with Crippen LogP contribution in [0, 0.1) is 11.8 Å². The normalized spacial score (nSPS) is 37.8. The Labute approximate surface area is 84.6 Å². The minimum atomic E-state index is 0.705. The zero-order valence-electron chi connectivity index (χ0n) is 8.58. The first-order chi connectivity index (χ1) is 6.16. The molecule has 0 spiro atoms. The van der Waals surface area contributed by atoms with Gasteiger partial charge in [-0.2, -0.15) is 0 Å². The number of aliphatic imine (C=N–C) groups is 1. The summed E-state index contributed by atoms with van der Waals surface area (Å²) in [6.45, 7) is 7.84. The van der Waals surface area contributed by atoms with Gasteiger partial charge < -0.3 is 5.32 Å². The van der Waals surface area contributed by atoms with Gasteiger partial charge in [-0.3, -0.25) is 4.99 Å². The number of amidine groups is 1. The number of hydrogen-bond acceptors (Lipinski definition) is 3. The van der Waals surface area contributed by atoms with Crippen LogP contribution in [0.15, 0.2) is 4.99 Å². The summed E-state index contributed by atoms with van der Waals surface area (Å²) in [5, 5.41) is 5.39. The molecule has 13 heavy (non-hydrogen) atoms. The minimum Gasteiger partial charge on any atom is -0.362 e. The molecule has 2 rings (SSSR count). The van der Waals surface area contributed by atoms with Crippen molar-refractivity contribution in [1.29, 1.82) is 0 Å². The zero-order valence-corrected chi connectivity index (χ0v) is 9.40. The van der Waals surface area contributed by atoms with E-state index < -0.39 is 0 Å². The van der Waals surface area contributed by atoms with Crippen LogP contribution in [-0.4, -0.2) is 23.0 Å². The van der Waals surface area contributed by atoms with Gasteiger partial charge in [0.1, 0.15) is 0 Å². The van der Waals surface area contributed by atoms with Crippen molar-refractivity contribution in [2.45, 2.75) is 38.5 Å². The molecule has 0 aromatic heterocycles. The molecule has 0 aromatic carbocycles. The van der Waals surface area contributed by atoms with Crippen LogP contribution >= 0.6 is 11.8 Å². The van der Waals surface area contributed by atoms with E-state index in [9.17, 15) is 0 Å². The molecule has 1 heterocycles. The molecule has 1 N–H and O–H groups in total. The van der Waals surface area contributed by atoms with Crippen LogP contribution in [-0.2, 0) is 0 Å². The molecule has 0 bridgehead atoms. The summed E-state index contributed by atoms with van der Waals surface area (Å²) in [4.78, 5) is 4.52. The van der Waals surface area contributed by atoms with Crippen molar-refractivity contribution >= 4 is 16.9 Å². The molecule has 3 atom stereocenters. The molecule has 1 aliphatic carbocycles. The maximum Gasteiger partial charge on any atom is 0.157 e. The minimum absolute atomic E-state index is 0.705. The first kappa shape index (κ1) is 9.38. The number of nitrogens with zero attached hydrogens (tertiary/aromatic N) is 1. The average Bonchev–Trinajstić information content (AvgIpc) is 2.61. The second kappa shape index (κ2) is 3.52. The molecule has 0 aromatic rings. The molecule has 0 saturated heterocycles. The zero-order chi connectivity index (χ0) is 9.42. The molecule has 1 saturated carbocycles. The van der Waals surface area contributed by atoms with E-state index in [1.54, 1.807) is 0 Å². The predicted octanol–water partition coefficient (Wildman–Crippen LogP) is 2.11. The Bertz CT molecular complexity index is 225. The van der Waals surface area contributed by atoms with Gasteiger partial charge >= 0.3 is 0 Å². The molecule has 0 amide bonds. The molecule has 3 unspecified atom stereocenters. The van der Waals surface area contributed by atoms with Crippen LogP contribution < -0.4 is 5.32 Å². The molecule has 1 aliphatic heterocycles. The standard InChI is InChI=1S/C10H18N2S/c1-6(2)9-5-11-10(13-9)12-8-4-7(8)3/h6-9H,4-5H2,1-3H3,(H,11,12). The molecule has 2 aliphatic rings. The lowest BCUT2D eigenvalue weighted by atomic mass is 10.1. The third-order valence-electron chi connectivity index (χ3n) is 2.84. The van der Waals surface area contributed by atoms with Gasteiger partial charge in [0.05, 0.1) is 6.54 Å². The van der Waals surface area contributed by atoms with E-state index in [1.807, 2.05) is 11.8 Å². The number of rotatable bonds is 2. The smallest absolute Gasteiger partial charge is 0.157 e. The van der Waals surface area contributed by atoms with Crippen LogP contribution in [0.3, 0.4) is 0 Å². The summed E-state index contributed by atoms with van der Waals surface area (Å²) in [6.07, 6.45) is 1.33. The SMILES string of the molecule is CC(C)C1CN=C(NC2CC2C)S1. The Morgan fingerprint density at radius 3 is 2.69 bits per heavy atom. The number of thioether (sulfide) groups is 1. The van der Waals surface area contributed by atoms with Gasteiger partial charge in [-0.1, -0.05) is 32.5 Å². The van der Waals surface area contributed by atoms with Crippen molar-refractivity contribution in [3.05, 3.63) is 0 Å². The van der Waals surface area contributed by atoms with Gasteiger partial charge in [-0.15, -0.1) is 0 Å². The summed E-state index contributed by atoms with van der Waals surface area (Å²) in [7, 11) is 0. The van der Waals surface area contributed by atoms with E-state index in [0.717, 1.165) is 24.4 Å². The molecular formula is C10H18N2S. The van der Waals surface area contributed by atoms with Crippen LogP contribution in [0.2, 0.25) is 0 Å². The average molecular weight is 198 g/mol. The van der Waals surface area contributed by atoms with Crippen molar-refractivity contribution in [3.8, 4) is 0 Å². The van der Waals surface area contributed by atoms with Crippen LogP contribution in [0.25, 0.3) is 0 Å². The Hall–Kier alpha value is -0.180. The number of hydrogen-bond donors (Lipinski definition) is 1. The van der Waals surface area contributed by atoms with Crippen molar-refractivity contribution < 1.29 is 0 Å². The second-order valence-corrected chi connectivity index (χ2v) is 5.74. The van der Waals surface area contributed by atoms with Crippen LogP contribution in [0.1, 0.15) is 27.2 Å². The van der Waals surface area contributed by atoms with Gasteiger partial charge in [-0.25, -0.2) is 0 Å². The molecule has 1 fully saturated rings. The van der Waals surface area contributed by atoms with Crippen LogP contribution in [0.5, 0.6) is 0 Å². The fourth-order valence-electron chi connectivity index (χ4n) is 1.50. The largest absolute Gasteiger partial charge is 0.362 e. The topological polar surface area (TPSA) is 24.4 Å². The fraction of sp³-hybridized carbons (Fsp3) is 0.900. The lowest BCUT2D eigenvalue weighted by Gasteiger charge is -2.11. The summed E-state index contributed by atoms with van der Waals surface area (Å²) in [5.74, 6) is 1.60. The van der Waals surface area contributed by atoms with Crippen LogP contribution in [0.4, 0.5) is 0 Å². The Morgan fingerprint density at radius 2 is 2.23 bits per heavy atom. The maximum atomic E-state index is 4.52. The van der Waals surface area contributed by atoms with Crippen molar-refractivity contribution in [2.75, 3.05) is 6.54 Å². The van der Waals surface area contributed by atoms with E-state index in [4.69, 9.17) is 0 Å². The van der Waals surface area contributed by atoms with E-state index in [0.29, 0.717) is 5.25 Å². The van der Waals surface area contributed by atoms with E-state index in [1.165, 1.54) is 11.6 Å². The van der Waals surface area contributed by atoms with E-state index in [2.05, 4.69) is 31.1 Å². The second-order valence-electron chi connectivity index (χ2n) is 4.51. The summed E-state index contributed by atoms with van der Waals surface area (Å²) < 4.78 is 0. The summed E-state index contributed by atoms with van der Waals surface area (Å²) in [5.41, 5.74) is 0. The first-order valence-electron chi connectivity index (χ1n) is 5.14. The maximum absolute atomic E-state index is 4.52. The number of nitrogens with one attached hydrogen (secondary N) is 1. The van der Waals surface area contributed by atoms with Gasteiger partial charge in [0.15, 0.2) is 5.17 Å². The monoisotopic (exact) mass is 198 g/mol. The summed E-state index contributed by atoms with van der Waals surface area (Å²) in [6, 6.07) is 0.720. The quantitative estimate of drug-likeness (QED) is 0.735. The molecule has 3 heteroatoms.